The minimum atomic E-state index is -0.327. The number of unbranched alkanes of at least 4 members (excludes halogenated alkanes) is 1. The molecular formula is C24H43NO10. The lowest BCUT2D eigenvalue weighted by Crippen LogP contribution is -2.31. The molecule has 0 aromatic carbocycles. The van der Waals surface area contributed by atoms with Crippen LogP contribution in [-0.2, 0) is 42.7 Å². The predicted octanol–water partition coefficient (Wildman–Crippen LogP) is 1.30. The molecule has 204 valence electrons. The number of esters is 2. The van der Waals surface area contributed by atoms with Gasteiger partial charge in [0.2, 0.25) is 0 Å². The van der Waals surface area contributed by atoms with E-state index in [0.717, 1.165) is 12.8 Å². The molecule has 11 nitrogen and oxygen atoms in total. The molecule has 0 aromatic heterocycles. The molecule has 0 saturated carbocycles. The Morgan fingerprint density at radius 1 is 0.629 bits per heavy atom. The van der Waals surface area contributed by atoms with Gasteiger partial charge in [-0.15, -0.1) is 0 Å². The SMILES string of the molecule is C=COCCOCCOC(=O)CCN(CCCCOCCO)CCC(=O)OCCOCCOC=C. The van der Waals surface area contributed by atoms with Crippen molar-refractivity contribution in [1.29, 1.82) is 0 Å². The number of hydrogen-bond acceptors (Lipinski definition) is 11. The van der Waals surface area contributed by atoms with Crippen LogP contribution in [0.15, 0.2) is 25.7 Å². The monoisotopic (exact) mass is 505 g/mol. The molecule has 0 saturated heterocycles. The zero-order valence-electron chi connectivity index (χ0n) is 20.9. The number of carbonyl (C=O) groups excluding carboxylic acids is 2. The topological polar surface area (TPSA) is 122 Å². The van der Waals surface area contributed by atoms with Crippen molar-refractivity contribution in [1.82, 2.24) is 4.90 Å². The van der Waals surface area contributed by atoms with Crippen LogP contribution < -0.4 is 0 Å². The molecule has 0 aliphatic heterocycles. The van der Waals surface area contributed by atoms with Gasteiger partial charge in [-0.05, 0) is 19.4 Å². The molecule has 0 unspecified atom stereocenters. The van der Waals surface area contributed by atoms with Crippen LogP contribution in [0.25, 0.3) is 0 Å². The van der Waals surface area contributed by atoms with E-state index in [2.05, 4.69) is 13.2 Å². The quantitative estimate of drug-likeness (QED) is 0.0987. The van der Waals surface area contributed by atoms with Crippen LogP contribution in [0.3, 0.4) is 0 Å². The second-order valence-corrected chi connectivity index (χ2v) is 7.13. The maximum atomic E-state index is 12.0. The lowest BCUT2D eigenvalue weighted by molar-refractivity contribution is -0.145. The lowest BCUT2D eigenvalue weighted by Gasteiger charge is -2.21. The molecule has 0 rings (SSSR count). The van der Waals surface area contributed by atoms with Crippen molar-refractivity contribution in [3.63, 3.8) is 0 Å². The Bertz CT molecular complexity index is 494. The average Bonchev–Trinajstić information content (AvgIpc) is 2.86. The number of aliphatic hydroxyl groups excluding tert-OH is 1. The van der Waals surface area contributed by atoms with Gasteiger partial charge in [0.05, 0.1) is 65.0 Å². The number of ether oxygens (including phenoxy) is 7. The Labute approximate surface area is 208 Å². The summed E-state index contributed by atoms with van der Waals surface area (Å²) < 4.78 is 36.0. The summed E-state index contributed by atoms with van der Waals surface area (Å²) in [5, 5.41) is 8.75. The summed E-state index contributed by atoms with van der Waals surface area (Å²) in [6.07, 6.45) is 4.73. The van der Waals surface area contributed by atoms with Gasteiger partial charge in [0, 0.05) is 19.7 Å². The molecule has 0 radical (unpaired) electrons. The first-order chi connectivity index (χ1) is 17.1. The smallest absolute Gasteiger partial charge is 0.307 e. The number of carbonyl (C=O) groups is 2. The standard InChI is InChI=1S/C24H43NO10/c1-3-29-15-17-32-19-21-34-23(27)7-10-25(9-5-6-13-31-14-12-26)11-8-24(28)35-22-20-33-18-16-30-4-2/h3-4,26H,1-2,5-22H2. The van der Waals surface area contributed by atoms with Crippen LogP contribution in [-0.4, -0.2) is 114 Å². The zero-order valence-corrected chi connectivity index (χ0v) is 20.9. The highest BCUT2D eigenvalue weighted by molar-refractivity contribution is 5.70. The molecule has 0 bridgehead atoms. The first kappa shape index (κ1) is 32.8. The summed E-state index contributed by atoms with van der Waals surface area (Å²) in [5.74, 6) is -0.653. The molecule has 0 fully saturated rings. The largest absolute Gasteiger partial charge is 0.499 e. The summed E-state index contributed by atoms with van der Waals surface area (Å²) in [4.78, 5) is 26.1. The maximum absolute atomic E-state index is 12.0. The number of nitrogens with zero attached hydrogens (tertiary/aromatic N) is 1. The normalized spacial score (nSPS) is 10.7. The van der Waals surface area contributed by atoms with Gasteiger partial charge in [-0.25, -0.2) is 0 Å². The summed E-state index contributed by atoms with van der Waals surface area (Å²) in [6, 6.07) is 0. The number of hydrogen-bond donors (Lipinski definition) is 1. The summed E-state index contributed by atoms with van der Waals surface area (Å²) >= 11 is 0. The van der Waals surface area contributed by atoms with Crippen molar-refractivity contribution in [2.24, 2.45) is 0 Å². The van der Waals surface area contributed by atoms with E-state index in [-0.39, 0.29) is 44.6 Å². The van der Waals surface area contributed by atoms with Gasteiger partial charge in [0.25, 0.3) is 0 Å². The Hall–Kier alpha value is -2.18. The summed E-state index contributed by atoms with van der Waals surface area (Å²) in [6.45, 7) is 11.9. The van der Waals surface area contributed by atoms with E-state index in [4.69, 9.17) is 38.3 Å². The fraction of sp³-hybridized carbons (Fsp3) is 0.750. The predicted molar refractivity (Wildman–Crippen MR) is 129 cm³/mol. The molecule has 0 aromatic rings. The summed E-state index contributed by atoms with van der Waals surface area (Å²) in [5.41, 5.74) is 0. The highest BCUT2D eigenvalue weighted by Gasteiger charge is 2.12. The second-order valence-electron chi connectivity index (χ2n) is 7.13. The fourth-order valence-corrected chi connectivity index (χ4v) is 2.70. The minimum Gasteiger partial charge on any atom is -0.499 e. The molecule has 0 amide bonds. The molecule has 0 aliphatic rings. The van der Waals surface area contributed by atoms with Crippen molar-refractivity contribution < 1.29 is 47.9 Å². The van der Waals surface area contributed by atoms with Crippen LogP contribution in [0.4, 0.5) is 0 Å². The van der Waals surface area contributed by atoms with Crippen molar-refractivity contribution in [3.8, 4) is 0 Å². The van der Waals surface area contributed by atoms with Crippen molar-refractivity contribution >= 4 is 11.9 Å². The minimum absolute atomic E-state index is 0.00235. The fourth-order valence-electron chi connectivity index (χ4n) is 2.70. The van der Waals surface area contributed by atoms with Gasteiger partial charge in [-0.2, -0.15) is 0 Å². The number of aliphatic hydroxyl groups is 1. The first-order valence-electron chi connectivity index (χ1n) is 12.0. The Morgan fingerprint density at radius 2 is 1.11 bits per heavy atom. The van der Waals surface area contributed by atoms with Gasteiger partial charge in [-0.3, -0.25) is 9.59 Å². The van der Waals surface area contributed by atoms with Gasteiger partial charge in [0.1, 0.15) is 26.4 Å². The van der Waals surface area contributed by atoms with Crippen LogP contribution in [0, 0.1) is 0 Å². The molecule has 11 heteroatoms. The maximum Gasteiger partial charge on any atom is 0.307 e. The Balaban J connectivity index is 4.15. The van der Waals surface area contributed by atoms with E-state index in [1.54, 1.807) is 0 Å². The number of rotatable bonds is 27. The molecule has 0 aliphatic carbocycles. The van der Waals surface area contributed by atoms with E-state index in [0.29, 0.717) is 72.5 Å². The lowest BCUT2D eigenvalue weighted by atomic mass is 10.2. The van der Waals surface area contributed by atoms with E-state index < -0.39 is 0 Å². The van der Waals surface area contributed by atoms with E-state index in [1.165, 1.54) is 12.5 Å². The molecular weight excluding hydrogens is 462 g/mol. The van der Waals surface area contributed by atoms with Crippen molar-refractivity contribution in [2.45, 2.75) is 25.7 Å². The van der Waals surface area contributed by atoms with Crippen LogP contribution in [0.1, 0.15) is 25.7 Å². The van der Waals surface area contributed by atoms with Crippen LogP contribution >= 0.6 is 0 Å². The highest BCUT2D eigenvalue weighted by atomic mass is 16.6. The van der Waals surface area contributed by atoms with Crippen LogP contribution in [0.5, 0.6) is 0 Å². The van der Waals surface area contributed by atoms with Gasteiger partial charge >= 0.3 is 11.9 Å². The third-order valence-corrected chi connectivity index (χ3v) is 4.42. The molecule has 1 N–H and O–H groups in total. The van der Waals surface area contributed by atoms with Crippen molar-refractivity contribution in [3.05, 3.63) is 25.7 Å². The molecule has 0 heterocycles. The van der Waals surface area contributed by atoms with Crippen molar-refractivity contribution in [2.75, 3.05) is 92.3 Å². The average molecular weight is 506 g/mol. The highest BCUT2D eigenvalue weighted by Crippen LogP contribution is 2.02. The zero-order chi connectivity index (χ0) is 25.8. The Morgan fingerprint density at radius 3 is 1.60 bits per heavy atom. The van der Waals surface area contributed by atoms with E-state index >= 15 is 0 Å². The van der Waals surface area contributed by atoms with Gasteiger partial charge in [0.15, 0.2) is 0 Å². The summed E-state index contributed by atoms with van der Waals surface area (Å²) in [7, 11) is 0. The third-order valence-electron chi connectivity index (χ3n) is 4.42. The van der Waals surface area contributed by atoms with Gasteiger partial charge in [-0.1, -0.05) is 13.2 Å². The van der Waals surface area contributed by atoms with Crippen LogP contribution in [0.2, 0.25) is 0 Å². The second kappa shape index (κ2) is 26.4. The Kier molecular flexibility index (Phi) is 24.8. The molecule has 35 heavy (non-hydrogen) atoms. The van der Waals surface area contributed by atoms with Gasteiger partial charge < -0.3 is 43.2 Å². The van der Waals surface area contributed by atoms with E-state index in [9.17, 15) is 9.59 Å². The third kappa shape index (κ3) is 24.7. The first-order valence-corrected chi connectivity index (χ1v) is 12.0. The molecule has 0 spiro atoms. The van der Waals surface area contributed by atoms with E-state index in [1.807, 2.05) is 4.90 Å². The molecule has 0 atom stereocenters.